The van der Waals surface area contributed by atoms with Crippen molar-refractivity contribution < 1.29 is 8.42 Å². The molecule has 0 radical (unpaired) electrons. The summed E-state index contributed by atoms with van der Waals surface area (Å²) in [5.41, 5.74) is 5.41. The van der Waals surface area contributed by atoms with E-state index in [9.17, 15) is 8.42 Å². The van der Waals surface area contributed by atoms with Gasteiger partial charge in [0.25, 0.3) is 0 Å². The van der Waals surface area contributed by atoms with Crippen LogP contribution in [0.15, 0.2) is 0 Å². The highest BCUT2D eigenvalue weighted by atomic mass is 32.2. The van der Waals surface area contributed by atoms with Crippen molar-refractivity contribution in [3.63, 3.8) is 0 Å². The highest BCUT2D eigenvalue weighted by Gasteiger charge is 2.27. The molecule has 0 spiro atoms. The van der Waals surface area contributed by atoms with Gasteiger partial charge in [-0.1, -0.05) is 26.2 Å². The Morgan fingerprint density at radius 1 is 1.31 bits per heavy atom. The van der Waals surface area contributed by atoms with Crippen molar-refractivity contribution in [1.29, 1.82) is 0 Å². The number of hydrogen-bond acceptors (Lipinski definition) is 3. The lowest BCUT2D eigenvalue weighted by atomic mass is 9.98. The molecule has 1 saturated carbocycles. The average Bonchev–Trinajstić information content (AvgIpc) is 2.43. The standard InChI is InChI=1S/C11H24N2O2S/c1-9-6-4-3-5-7-11(9)13-16(14,15)10(2)8-12/h9-11,13H,3-8,12H2,1-2H3. The molecule has 3 unspecified atom stereocenters. The van der Waals surface area contributed by atoms with Gasteiger partial charge in [0.15, 0.2) is 0 Å². The minimum absolute atomic E-state index is 0.0986. The largest absolute Gasteiger partial charge is 0.329 e. The number of sulfonamides is 1. The van der Waals surface area contributed by atoms with Crippen LogP contribution < -0.4 is 10.5 Å². The van der Waals surface area contributed by atoms with Crippen LogP contribution in [0.1, 0.15) is 46.0 Å². The van der Waals surface area contributed by atoms with Gasteiger partial charge in [-0.25, -0.2) is 13.1 Å². The monoisotopic (exact) mass is 248 g/mol. The molecular formula is C11H24N2O2S. The van der Waals surface area contributed by atoms with E-state index in [1.54, 1.807) is 6.92 Å². The molecule has 1 fully saturated rings. The van der Waals surface area contributed by atoms with Crippen molar-refractivity contribution >= 4 is 10.0 Å². The van der Waals surface area contributed by atoms with Crippen LogP contribution in [-0.4, -0.2) is 26.3 Å². The second-order valence-electron chi connectivity index (χ2n) is 4.93. The van der Waals surface area contributed by atoms with Gasteiger partial charge in [0, 0.05) is 12.6 Å². The van der Waals surface area contributed by atoms with E-state index in [1.807, 2.05) is 0 Å². The maximum Gasteiger partial charge on any atom is 0.215 e. The number of rotatable bonds is 4. The highest BCUT2D eigenvalue weighted by Crippen LogP contribution is 2.23. The van der Waals surface area contributed by atoms with Gasteiger partial charge >= 0.3 is 0 Å². The molecule has 0 aromatic heterocycles. The Hall–Kier alpha value is -0.130. The summed E-state index contributed by atoms with van der Waals surface area (Å²) >= 11 is 0. The lowest BCUT2D eigenvalue weighted by Crippen LogP contribution is -2.44. The zero-order valence-electron chi connectivity index (χ0n) is 10.3. The van der Waals surface area contributed by atoms with Gasteiger partial charge in [-0.3, -0.25) is 0 Å². The molecule has 5 heteroatoms. The molecule has 16 heavy (non-hydrogen) atoms. The number of hydrogen-bond donors (Lipinski definition) is 2. The first-order valence-corrected chi connectivity index (χ1v) is 7.73. The van der Waals surface area contributed by atoms with Crippen LogP contribution in [-0.2, 0) is 10.0 Å². The fourth-order valence-electron chi connectivity index (χ4n) is 2.12. The highest BCUT2D eigenvalue weighted by molar-refractivity contribution is 7.90. The molecule has 3 N–H and O–H groups in total. The molecule has 0 heterocycles. The average molecular weight is 248 g/mol. The summed E-state index contributed by atoms with van der Waals surface area (Å²) in [5, 5.41) is -0.497. The van der Waals surface area contributed by atoms with Crippen molar-refractivity contribution in [1.82, 2.24) is 4.72 Å². The van der Waals surface area contributed by atoms with E-state index in [0.717, 1.165) is 19.3 Å². The Kier molecular flexibility index (Phi) is 5.21. The first-order valence-electron chi connectivity index (χ1n) is 6.18. The van der Waals surface area contributed by atoms with E-state index in [-0.39, 0.29) is 12.6 Å². The summed E-state index contributed by atoms with van der Waals surface area (Å²) in [6, 6.07) is 0.0986. The van der Waals surface area contributed by atoms with Gasteiger partial charge in [-0.15, -0.1) is 0 Å². The normalized spacial score (nSPS) is 29.7. The van der Waals surface area contributed by atoms with Crippen molar-refractivity contribution in [3.8, 4) is 0 Å². The SMILES string of the molecule is CC1CCCCCC1NS(=O)(=O)C(C)CN. The maximum absolute atomic E-state index is 11.9. The van der Waals surface area contributed by atoms with Crippen molar-refractivity contribution in [2.45, 2.75) is 57.2 Å². The van der Waals surface area contributed by atoms with Crippen LogP contribution in [0.5, 0.6) is 0 Å². The first kappa shape index (κ1) is 13.9. The van der Waals surface area contributed by atoms with E-state index in [0.29, 0.717) is 5.92 Å². The van der Waals surface area contributed by atoms with E-state index in [4.69, 9.17) is 5.73 Å². The van der Waals surface area contributed by atoms with Crippen LogP contribution in [0.25, 0.3) is 0 Å². The maximum atomic E-state index is 11.9. The van der Waals surface area contributed by atoms with E-state index >= 15 is 0 Å². The lowest BCUT2D eigenvalue weighted by molar-refractivity contribution is 0.398. The minimum Gasteiger partial charge on any atom is -0.329 e. The Morgan fingerprint density at radius 2 is 1.94 bits per heavy atom. The molecule has 0 saturated heterocycles. The van der Waals surface area contributed by atoms with Gasteiger partial charge in [-0.05, 0) is 25.7 Å². The zero-order chi connectivity index (χ0) is 12.2. The van der Waals surface area contributed by atoms with Crippen LogP contribution >= 0.6 is 0 Å². The second-order valence-corrected chi connectivity index (χ2v) is 7.06. The number of nitrogens with one attached hydrogen (secondary N) is 1. The third kappa shape index (κ3) is 3.71. The van der Waals surface area contributed by atoms with E-state index in [2.05, 4.69) is 11.6 Å². The fourth-order valence-corrected chi connectivity index (χ4v) is 3.38. The molecule has 0 aromatic carbocycles. The first-order chi connectivity index (χ1) is 7.47. The molecule has 1 aliphatic carbocycles. The Labute approximate surface area is 99.0 Å². The predicted molar refractivity (Wildman–Crippen MR) is 66.6 cm³/mol. The van der Waals surface area contributed by atoms with Gasteiger partial charge in [0.2, 0.25) is 10.0 Å². The van der Waals surface area contributed by atoms with Gasteiger partial charge in [-0.2, -0.15) is 0 Å². The summed E-state index contributed by atoms with van der Waals surface area (Å²) < 4.78 is 26.6. The van der Waals surface area contributed by atoms with E-state index in [1.165, 1.54) is 12.8 Å². The summed E-state index contributed by atoms with van der Waals surface area (Å²) in [5.74, 6) is 0.433. The molecular weight excluding hydrogens is 224 g/mol. The van der Waals surface area contributed by atoms with E-state index < -0.39 is 15.3 Å². The Bertz CT molecular complexity index is 303. The van der Waals surface area contributed by atoms with Crippen molar-refractivity contribution in [2.75, 3.05) is 6.54 Å². The molecule has 1 aliphatic rings. The van der Waals surface area contributed by atoms with Gasteiger partial charge in [0.1, 0.15) is 0 Å². The lowest BCUT2D eigenvalue weighted by Gasteiger charge is -2.24. The summed E-state index contributed by atoms with van der Waals surface area (Å²) in [4.78, 5) is 0. The quantitative estimate of drug-likeness (QED) is 0.735. The molecule has 4 nitrogen and oxygen atoms in total. The molecule has 0 aromatic rings. The van der Waals surface area contributed by atoms with Crippen molar-refractivity contribution in [2.24, 2.45) is 11.7 Å². The van der Waals surface area contributed by atoms with Gasteiger partial charge < -0.3 is 5.73 Å². The predicted octanol–water partition coefficient (Wildman–Crippen LogP) is 1.22. The summed E-state index contributed by atoms with van der Waals surface area (Å²) in [7, 11) is -3.23. The number of nitrogens with two attached hydrogens (primary N) is 1. The zero-order valence-corrected chi connectivity index (χ0v) is 11.1. The molecule has 0 aliphatic heterocycles. The molecule has 96 valence electrons. The smallest absolute Gasteiger partial charge is 0.215 e. The Morgan fingerprint density at radius 3 is 2.56 bits per heavy atom. The summed E-state index contributed by atoms with van der Waals surface area (Å²) in [6.07, 6.45) is 5.62. The van der Waals surface area contributed by atoms with Crippen LogP contribution in [0, 0.1) is 5.92 Å². The van der Waals surface area contributed by atoms with Crippen molar-refractivity contribution in [3.05, 3.63) is 0 Å². The fraction of sp³-hybridized carbons (Fsp3) is 1.00. The third-order valence-electron chi connectivity index (χ3n) is 3.54. The third-order valence-corrected chi connectivity index (χ3v) is 5.42. The molecule has 1 rings (SSSR count). The molecule has 0 amide bonds. The Balaban J connectivity index is 2.64. The van der Waals surface area contributed by atoms with Crippen LogP contribution in [0.3, 0.4) is 0 Å². The molecule has 3 atom stereocenters. The van der Waals surface area contributed by atoms with Gasteiger partial charge in [0.05, 0.1) is 5.25 Å². The van der Waals surface area contributed by atoms with Crippen LogP contribution in [0.2, 0.25) is 0 Å². The molecule has 0 bridgehead atoms. The summed E-state index contributed by atoms with van der Waals surface area (Å²) in [6.45, 7) is 3.96. The second kappa shape index (κ2) is 5.98. The minimum atomic E-state index is -3.23. The van der Waals surface area contributed by atoms with Crippen LogP contribution in [0.4, 0.5) is 0 Å². The topological polar surface area (TPSA) is 72.2 Å².